The van der Waals surface area contributed by atoms with Gasteiger partial charge >= 0.3 is 6.36 Å². The SMILES string of the molecule is CCc1c(-c2cccc(OC(F)(F)F)c2)cc2n1CCNC2=O. The summed E-state index contributed by atoms with van der Waals surface area (Å²) >= 11 is 0. The highest BCUT2D eigenvalue weighted by atomic mass is 19.4. The van der Waals surface area contributed by atoms with E-state index in [4.69, 9.17) is 0 Å². The second-order valence-corrected chi connectivity index (χ2v) is 5.23. The maximum Gasteiger partial charge on any atom is 0.573 e. The molecule has 1 amide bonds. The summed E-state index contributed by atoms with van der Waals surface area (Å²) in [5.74, 6) is -0.439. The van der Waals surface area contributed by atoms with Crippen LogP contribution < -0.4 is 10.1 Å². The van der Waals surface area contributed by atoms with Gasteiger partial charge in [-0.2, -0.15) is 0 Å². The number of carbonyl (C=O) groups is 1. The van der Waals surface area contributed by atoms with Crippen molar-refractivity contribution in [2.24, 2.45) is 0 Å². The van der Waals surface area contributed by atoms with E-state index in [1.54, 1.807) is 12.1 Å². The molecule has 0 fully saturated rings. The van der Waals surface area contributed by atoms with Crippen molar-refractivity contribution >= 4 is 5.91 Å². The molecular weight excluding hydrogens is 309 g/mol. The number of fused-ring (bicyclic) bond motifs is 1. The number of benzene rings is 1. The van der Waals surface area contributed by atoms with Gasteiger partial charge in [-0.05, 0) is 30.2 Å². The molecule has 0 saturated carbocycles. The third-order valence-electron chi connectivity index (χ3n) is 3.78. The van der Waals surface area contributed by atoms with Crippen molar-refractivity contribution in [3.63, 3.8) is 0 Å². The Kier molecular flexibility index (Phi) is 3.79. The lowest BCUT2D eigenvalue weighted by molar-refractivity contribution is -0.274. The number of amides is 1. The molecule has 1 aromatic heterocycles. The topological polar surface area (TPSA) is 43.3 Å². The van der Waals surface area contributed by atoms with E-state index in [2.05, 4.69) is 10.1 Å². The molecule has 122 valence electrons. The number of nitrogens with zero attached hydrogens (tertiary/aromatic N) is 1. The molecule has 0 spiro atoms. The van der Waals surface area contributed by atoms with E-state index in [0.717, 1.165) is 11.3 Å². The minimum Gasteiger partial charge on any atom is -0.406 e. The first-order chi connectivity index (χ1) is 10.9. The Bertz CT molecular complexity index is 750. The highest BCUT2D eigenvalue weighted by Gasteiger charge is 2.31. The van der Waals surface area contributed by atoms with Crippen LogP contribution in [0.3, 0.4) is 0 Å². The van der Waals surface area contributed by atoms with Gasteiger partial charge in [0.05, 0.1) is 0 Å². The van der Waals surface area contributed by atoms with Crippen molar-refractivity contribution in [3.05, 3.63) is 41.7 Å². The van der Waals surface area contributed by atoms with Crippen molar-refractivity contribution in [1.29, 1.82) is 0 Å². The van der Waals surface area contributed by atoms with E-state index in [0.29, 0.717) is 30.8 Å². The summed E-state index contributed by atoms with van der Waals surface area (Å²) < 4.78 is 43.0. The van der Waals surface area contributed by atoms with Crippen LogP contribution in [0.5, 0.6) is 5.75 Å². The summed E-state index contributed by atoms with van der Waals surface area (Å²) in [5, 5.41) is 2.76. The van der Waals surface area contributed by atoms with Gasteiger partial charge in [0.25, 0.3) is 5.91 Å². The van der Waals surface area contributed by atoms with E-state index < -0.39 is 6.36 Å². The van der Waals surface area contributed by atoms with Gasteiger partial charge in [0.2, 0.25) is 0 Å². The fourth-order valence-electron chi connectivity index (χ4n) is 2.90. The molecule has 1 aliphatic rings. The van der Waals surface area contributed by atoms with Gasteiger partial charge in [-0.3, -0.25) is 4.79 Å². The molecule has 23 heavy (non-hydrogen) atoms. The van der Waals surface area contributed by atoms with Gasteiger partial charge in [-0.1, -0.05) is 19.1 Å². The monoisotopic (exact) mass is 324 g/mol. The maximum atomic E-state index is 12.4. The summed E-state index contributed by atoms with van der Waals surface area (Å²) in [6.07, 6.45) is -4.06. The Morgan fingerprint density at radius 1 is 1.30 bits per heavy atom. The third kappa shape index (κ3) is 3.04. The standard InChI is InChI=1S/C16H15F3N2O2/c1-2-13-12(9-14-15(22)20-6-7-21(13)14)10-4-3-5-11(8-10)23-16(17,18)19/h3-5,8-9H,2,6-7H2,1H3,(H,20,22). The second kappa shape index (κ2) is 5.64. The zero-order chi connectivity index (χ0) is 16.6. The first kappa shape index (κ1) is 15.5. The summed E-state index contributed by atoms with van der Waals surface area (Å²) in [5.41, 5.74) is 2.81. The van der Waals surface area contributed by atoms with Crippen LogP contribution in [-0.2, 0) is 13.0 Å². The number of nitrogens with one attached hydrogen (secondary N) is 1. The van der Waals surface area contributed by atoms with Gasteiger partial charge < -0.3 is 14.6 Å². The largest absolute Gasteiger partial charge is 0.573 e. The highest BCUT2D eigenvalue weighted by molar-refractivity contribution is 5.95. The number of carbonyl (C=O) groups excluding carboxylic acids is 1. The number of ether oxygens (including phenoxy) is 1. The van der Waals surface area contributed by atoms with E-state index in [-0.39, 0.29) is 11.7 Å². The minimum atomic E-state index is -4.73. The first-order valence-electron chi connectivity index (χ1n) is 7.26. The fraction of sp³-hybridized carbons (Fsp3) is 0.312. The minimum absolute atomic E-state index is 0.167. The Hall–Kier alpha value is -2.44. The van der Waals surface area contributed by atoms with Gasteiger partial charge in [0.1, 0.15) is 11.4 Å². The van der Waals surface area contributed by atoms with Crippen LogP contribution in [0.1, 0.15) is 23.1 Å². The van der Waals surface area contributed by atoms with Crippen LogP contribution in [0.2, 0.25) is 0 Å². The molecule has 1 aromatic carbocycles. The van der Waals surface area contributed by atoms with Crippen LogP contribution in [0.15, 0.2) is 30.3 Å². The highest BCUT2D eigenvalue weighted by Crippen LogP contribution is 2.32. The molecule has 2 heterocycles. The van der Waals surface area contributed by atoms with Crippen molar-refractivity contribution < 1.29 is 22.7 Å². The fourth-order valence-corrected chi connectivity index (χ4v) is 2.90. The smallest absolute Gasteiger partial charge is 0.406 e. The molecule has 1 aliphatic heterocycles. The van der Waals surface area contributed by atoms with Crippen LogP contribution in [0, 0.1) is 0 Å². The molecule has 0 saturated heterocycles. The average molecular weight is 324 g/mol. The Morgan fingerprint density at radius 3 is 2.78 bits per heavy atom. The third-order valence-corrected chi connectivity index (χ3v) is 3.78. The van der Waals surface area contributed by atoms with Crippen LogP contribution in [-0.4, -0.2) is 23.4 Å². The number of hydrogen-bond donors (Lipinski definition) is 1. The number of aromatic nitrogens is 1. The predicted molar refractivity (Wildman–Crippen MR) is 78.3 cm³/mol. The van der Waals surface area contributed by atoms with Crippen LogP contribution in [0.4, 0.5) is 13.2 Å². The molecule has 0 radical (unpaired) electrons. The number of alkyl halides is 3. The van der Waals surface area contributed by atoms with Crippen molar-refractivity contribution in [1.82, 2.24) is 9.88 Å². The molecule has 4 nitrogen and oxygen atoms in total. The average Bonchev–Trinajstić information content (AvgIpc) is 2.86. The Morgan fingerprint density at radius 2 is 2.09 bits per heavy atom. The van der Waals surface area contributed by atoms with Crippen LogP contribution >= 0.6 is 0 Å². The first-order valence-corrected chi connectivity index (χ1v) is 7.26. The molecule has 0 aliphatic carbocycles. The molecule has 0 bridgehead atoms. The second-order valence-electron chi connectivity index (χ2n) is 5.23. The molecular formula is C16H15F3N2O2. The van der Waals surface area contributed by atoms with Gasteiger partial charge in [0, 0.05) is 24.3 Å². The summed E-state index contributed by atoms with van der Waals surface area (Å²) in [6, 6.07) is 7.53. The van der Waals surface area contributed by atoms with Gasteiger partial charge in [-0.25, -0.2) is 0 Å². The molecule has 3 rings (SSSR count). The molecule has 1 N–H and O–H groups in total. The van der Waals surface area contributed by atoms with E-state index >= 15 is 0 Å². The van der Waals surface area contributed by atoms with E-state index in [1.807, 2.05) is 11.5 Å². The molecule has 0 unspecified atom stereocenters. The zero-order valence-corrected chi connectivity index (χ0v) is 12.4. The van der Waals surface area contributed by atoms with Crippen molar-refractivity contribution in [2.75, 3.05) is 6.54 Å². The number of halogens is 3. The lowest BCUT2D eigenvalue weighted by atomic mass is 10.0. The van der Waals surface area contributed by atoms with Crippen molar-refractivity contribution in [3.8, 4) is 16.9 Å². The predicted octanol–water partition coefficient (Wildman–Crippen LogP) is 3.36. The van der Waals surface area contributed by atoms with Gasteiger partial charge in [-0.15, -0.1) is 13.2 Å². The Labute approximate surface area is 130 Å². The van der Waals surface area contributed by atoms with E-state index in [9.17, 15) is 18.0 Å². The quantitative estimate of drug-likeness (QED) is 0.941. The normalized spacial score (nSPS) is 14.3. The molecule has 0 atom stereocenters. The van der Waals surface area contributed by atoms with Gasteiger partial charge in [0.15, 0.2) is 0 Å². The van der Waals surface area contributed by atoms with Crippen LogP contribution in [0.25, 0.3) is 11.1 Å². The summed E-state index contributed by atoms with van der Waals surface area (Å²) in [7, 11) is 0. The lowest BCUT2D eigenvalue weighted by Gasteiger charge is -2.18. The number of rotatable bonds is 3. The zero-order valence-electron chi connectivity index (χ0n) is 12.4. The lowest BCUT2D eigenvalue weighted by Crippen LogP contribution is -2.35. The molecule has 7 heteroatoms. The summed E-state index contributed by atoms with van der Waals surface area (Å²) in [6.45, 7) is 3.15. The van der Waals surface area contributed by atoms with Crippen molar-refractivity contribution in [2.45, 2.75) is 26.3 Å². The summed E-state index contributed by atoms with van der Waals surface area (Å²) in [4.78, 5) is 11.9. The van der Waals surface area contributed by atoms with E-state index in [1.165, 1.54) is 18.2 Å². The maximum absolute atomic E-state index is 12.4. The molecule has 2 aromatic rings. The number of hydrogen-bond acceptors (Lipinski definition) is 2. The Balaban J connectivity index is 2.05.